The number of carbonyl (C=O) groups is 1. The summed E-state index contributed by atoms with van der Waals surface area (Å²) >= 11 is 28.2. The topological polar surface area (TPSA) is 17.1 Å². The monoisotopic (exact) mass is 318 g/mol. The molecule has 1 nitrogen and oxygen atoms in total. The Morgan fingerprint density at radius 1 is 1.19 bits per heavy atom. The molecule has 16 heavy (non-hydrogen) atoms. The number of carbonyl (C=O) groups excluding carboxylic acids is 1. The Hall–Kier alpha value is 0.340. The normalized spacial score (nSPS) is 13.6. The van der Waals surface area contributed by atoms with Crippen molar-refractivity contribution < 1.29 is 4.79 Å². The molecule has 0 amide bonds. The third-order valence-electron chi connectivity index (χ3n) is 1.89. The molecule has 0 aromatic heterocycles. The minimum atomic E-state index is -1.65. The average Bonchev–Trinajstić information content (AvgIpc) is 2.17. The molecular formula is C10H7Cl5O. The van der Waals surface area contributed by atoms with E-state index in [9.17, 15) is 4.79 Å². The predicted octanol–water partition coefficient (Wildman–Crippen LogP) is 4.89. The first-order chi connectivity index (χ1) is 7.30. The maximum atomic E-state index is 11.7. The Labute approximate surface area is 119 Å². The fraction of sp³-hybridized carbons (Fsp3) is 0.300. The van der Waals surface area contributed by atoms with Gasteiger partial charge in [0.15, 0.2) is 5.78 Å². The van der Waals surface area contributed by atoms with E-state index in [1.807, 2.05) is 0 Å². The van der Waals surface area contributed by atoms with Crippen molar-refractivity contribution in [2.45, 2.75) is 15.6 Å². The van der Waals surface area contributed by atoms with Gasteiger partial charge in [0, 0.05) is 17.0 Å². The second kappa shape index (κ2) is 5.79. The molecule has 0 saturated carbocycles. The van der Waals surface area contributed by atoms with Crippen LogP contribution in [0.15, 0.2) is 24.3 Å². The number of halogens is 5. The molecule has 0 unspecified atom stereocenters. The zero-order chi connectivity index (χ0) is 12.3. The average molecular weight is 320 g/mol. The van der Waals surface area contributed by atoms with E-state index in [0.29, 0.717) is 10.6 Å². The lowest BCUT2D eigenvalue weighted by atomic mass is 10.1. The summed E-state index contributed by atoms with van der Waals surface area (Å²) in [7, 11) is 0. The Bertz CT molecular complexity index is 368. The van der Waals surface area contributed by atoms with Gasteiger partial charge < -0.3 is 0 Å². The minimum absolute atomic E-state index is 0.0420. The zero-order valence-corrected chi connectivity index (χ0v) is 11.7. The number of benzene rings is 1. The second-order valence-electron chi connectivity index (χ2n) is 3.14. The van der Waals surface area contributed by atoms with Crippen LogP contribution in [-0.2, 0) is 0 Å². The highest BCUT2D eigenvalue weighted by Gasteiger charge is 2.32. The number of Topliss-reactive ketones (excluding diaryl/α,β-unsaturated/α-hetero) is 1. The number of hydrogen-bond acceptors (Lipinski definition) is 1. The van der Waals surface area contributed by atoms with Gasteiger partial charge in [0.2, 0.25) is 3.79 Å². The Morgan fingerprint density at radius 2 is 1.69 bits per heavy atom. The van der Waals surface area contributed by atoms with E-state index in [1.54, 1.807) is 24.3 Å². The van der Waals surface area contributed by atoms with Gasteiger partial charge in [-0.1, -0.05) is 46.4 Å². The molecule has 0 aliphatic carbocycles. The van der Waals surface area contributed by atoms with Crippen molar-refractivity contribution in [3.63, 3.8) is 0 Å². The molecule has 0 aliphatic rings. The fourth-order valence-corrected chi connectivity index (χ4v) is 1.53. The molecule has 1 atom stereocenters. The van der Waals surface area contributed by atoms with Crippen molar-refractivity contribution in [1.82, 2.24) is 0 Å². The minimum Gasteiger partial charge on any atom is -0.294 e. The highest BCUT2D eigenvalue weighted by molar-refractivity contribution is 6.70. The second-order valence-corrected chi connectivity index (χ2v) is 6.48. The van der Waals surface area contributed by atoms with Gasteiger partial charge in [-0.15, -0.1) is 11.6 Å². The molecule has 0 aliphatic heterocycles. The van der Waals surface area contributed by atoms with Crippen molar-refractivity contribution >= 4 is 63.8 Å². The fourth-order valence-electron chi connectivity index (χ4n) is 1.03. The van der Waals surface area contributed by atoms with Gasteiger partial charge in [0.25, 0.3) is 0 Å². The van der Waals surface area contributed by atoms with Crippen LogP contribution < -0.4 is 0 Å². The van der Waals surface area contributed by atoms with Crippen LogP contribution in [-0.4, -0.2) is 15.0 Å². The summed E-state index contributed by atoms with van der Waals surface area (Å²) in [6.45, 7) is 0. The van der Waals surface area contributed by atoms with Crippen molar-refractivity contribution in [2.24, 2.45) is 0 Å². The summed E-state index contributed by atoms with van der Waals surface area (Å²) in [5.74, 6) is -0.192. The number of alkyl halides is 4. The maximum absolute atomic E-state index is 11.7. The van der Waals surface area contributed by atoms with Crippen molar-refractivity contribution in [1.29, 1.82) is 0 Å². The van der Waals surface area contributed by atoms with Crippen molar-refractivity contribution in [3.8, 4) is 0 Å². The van der Waals surface area contributed by atoms with E-state index in [2.05, 4.69) is 0 Å². The van der Waals surface area contributed by atoms with Crippen molar-refractivity contribution in [2.75, 3.05) is 0 Å². The number of hydrogen-bond donors (Lipinski definition) is 0. The van der Waals surface area contributed by atoms with E-state index in [0.717, 1.165) is 0 Å². The molecule has 1 rings (SSSR count). The molecule has 0 heterocycles. The van der Waals surface area contributed by atoms with Gasteiger partial charge in [-0.2, -0.15) is 0 Å². The largest absolute Gasteiger partial charge is 0.294 e. The quantitative estimate of drug-likeness (QED) is 0.572. The van der Waals surface area contributed by atoms with Crippen LogP contribution in [0.3, 0.4) is 0 Å². The van der Waals surface area contributed by atoms with E-state index in [4.69, 9.17) is 58.0 Å². The smallest absolute Gasteiger partial charge is 0.207 e. The van der Waals surface area contributed by atoms with Crippen LogP contribution in [0.1, 0.15) is 16.8 Å². The van der Waals surface area contributed by atoms with E-state index in [1.165, 1.54) is 0 Å². The molecule has 0 spiro atoms. The van der Waals surface area contributed by atoms with Crippen molar-refractivity contribution in [3.05, 3.63) is 34.9 Å². The standard InChI is InChI=1S/C10H7Cl5O/c11-7-3-1-6(2-4-7)8(16)5-9(12)10(13,14)15/h1-4,9H,5H2/t9-/m0/s1. The number of rotatable bonds is 3. The first kappa shape index (κ1) is 14.4. The first-order valence-corrected chi connectivity index (χ1v) is 6.25. The summed E-state index contributed by atoms with van der Waals surface area (Å²) in [5, 5.41) is -0.305. The molecule has 6 heteroatoms. The van der Waals surface area contributed by atoms with E-state index >= 15 is 0 Å². The van der Waals surface area contributed by atoms with Crippen LogP contribution in [0.5, 0.6) is 0 Å². The maximum Gasteiger partial charge on any atom is 0.207 e. The zero-order valence-electron chi connectivity index (χ0n) is 7.89. The van der Waals surface area contributed by atoms with Gasteiger partial charge in [-0.3, -0.25) is 4.79 Å². The summed E-state index contributed by atoms with van der Waals surface area (Å²) in [6.07, 6.45) is -0.0420. The molecular weight excluding hydrogens is 313 g/mol. The lowest BCUT2D eigenvalue weighted by Gasteiger charge is -2.16. The first-order valence-electron chi connectivity index (χ1n) is 4.30. The Balaban J connectivity index is 2.70. The summed E-state index contributed by atoms with van der Waals surface area (Å²) < 4.78 is -1.65. The third-order valence-corrected chi connectivity index (χ3v) is 3.74. The Morgan fingerprint density at radius 3 is 2.12 bits per heavy atom. The molecule has 0 bridgehead atoms. The molecule has 88 valence electrons. The van der Waals surface area contributed by atoms with Gasteiger partial charge in [0.05, 0.1) is 5.38 Å². The van der Waals surface area contributed by atoms with Crippen LogP contribution in [0.2, 0.25) is 5.02 Å². The van der Waals surface area contributed by atoms with E-state index < -0.39 is 9.17 Å². The highest BCUT2D eigenvalue weighted by atomic mass is 35.6. The Kier molecular flexibility index (Phi) is 5.21. The van der Waals surface area contributed by atoms with Crippen LogP contribution >= 0.6 is 58.0 Å². The molecule has 1 aromatic rings. The van der Waals surface area contributed by atoms with Crippen LogP contribution in [0.4, 0.5) is 0 Å². The molecule has 0 saturated heterocycles. The lowest BCUT2D eigenvalue weighted by molar-refractivity contribution is 0.0981. The summed E-state index contributed by atoms with van der Waals surface area (Å²) in [5.41, 5.74) is 0.490. The summed E-state index contributed by atoms with van der Waals surface area (Å²) in [6, 6.07) is 6.44. The summed E-state index contributed by atoms with van der Waals surface area (Å²) in [4.78, 5) is 11.7. The van der Waals surface area contributed by atoms with Gasteiger partial charge in [-0.05, 0) is 24.3 Å². The molecule has 1 aromatic carbocycles. The highest BCUT2D eigenvalue weighted by Crippen LogP contribution is 2.36. The van der Waals surface area contributed by atoms with Gasteiger partial charge >= 0.3 is 0 Å². The molecule has 0 radical (unpaired) electrons. The van der Waals surface area contributed by atoms with Crippen LogP contribution in [0.25, 0.3) is 0 Å². The van der Waals surface area contributed by atoms with Crippen LogP contribution in [0, 0.1) is 0 Å². The molecule has 0 N–H and O–H groups in total. The lowest BCUT2D eigenvalue weighted by Crippen LogP contribution is -2.22. The number of ketones is 1. The van der Waals surface area contributed by atoms with Gasteiger partial charge in [0.1, 0.15) is 0 Å². The van der Waals surface area contributed by atoms with Gasteiger partial charge in [-0.25, -0.2) is 0 Å². The molecule has 0 fully saturated rings. The van der Waals surface area contributed by atoms with E-state index in [-0.39, 0.29) is 12.2 Å². The SMILES string of the molecule is O=C(C[C@H](Cl)C(Cl)(Cl)Cl)c1ccc(Cl)cc1. The predicted molar refractivity (Wildman–Crippen MR) is 70.3 cm³/mol. The third kappa shape index (κ3) is 4.31.